The lowest BCUT2D eigenvalue weighted by Crippen LogP contribution is -2.31. The van der Waals surface area contributed by atoms with Crippen molar-refractivity contribution in [2.24, 2.45) is 0 Å². The molecule has 1 aromatic rings. The Balaban J connectivity index is 2.68. The van der Waals surface area contributed by atoms with Gasteiger partial charge in [-0.05, 0) is 39.0 Å². The summed E-state index contributed by atoms with van der Waals surface area (Å²) in [4.78, 5) is 2.26. The molecule has 20 heavy (non-hydrogen) atoms. The van der Waals surface area contributed by atoms with Gasteiger partial charge in [0.15, 0.2) is 0 Å². The summed E-state index contributed by atoms with van der Waals surface area (Å²) in [6, 6.07) is 11.4. The van der Waals surface area contributed by atoms with Crippen molar-refractivity contribution in [3.8, 4) is 0 Å². The number of nitrogens with zero attached hydrogens (tertiary/aromatic N) is 1. The van der Waals surface area contributed by atoms with Crippen LogP contribution in [0.3, 0.4) is 0 Å². The van der Waals surface area contributed by atoms with E-state index in [1.165, 1.54) is 24.2 Å². The monoisotopic (exact) mass is 294 g/mol. The molecule has 0 bridgehead atoms. The number of nitrogens with one attached hydrogen (secondary N) is 1. The molecular formula is C17H30N2S. The molecule has 1 N–H and O–H groups in total. The first-order valence-electron chi connectivity index (χ1n) is 7.73. The molecule has 0 heterocycles. The Labute approximate surface area is 129 Å². The number of benzene rings is 1. The summed E-state index contributed by atoms with van der Waals surface area (Å²) < 4.78 is 0. The molecule has 0 spiro atoms. The van der Waals surface area contributed by atoms with Crippen molar-refractivity contribution in [2.75, 3.05) is 32.9 Å². The third kappa shape index (κ3) is 6.29. The summed E-state index contributed by atoms with van der Waals surface area (Å²) in [5.41, 5.74) is 1.42. The second-order valence-electron chi connectivity index (χ2n) is 5.46. The van der Waals surface area contributed by atoms with Gasteiger partial charge in [-0.2, -0.15) is 11.8 Å². The highest BCUT2D eigenvalue weighted by molar-refractivity contribution is 7.99. The van der Waals surface area contributed by atoms with Gasteiger partial charge < -0.3 is 10.2 Å². The fraction of sp³-hybridized carbons (Fsp3) is 0.647. The van der Waals surface area contributed by atoms with E-state index < -0.39 is 0 Å². The molecule has 2 atom stereocenters. The van der Waals surface area contributed by atoms with E-state index in [0.717, 1.165) is 13.1 Å². The van der Waals surface area contributed by atoms with E-state index >= 15 is 0 Å². The second kappa shape index (κ2) is 10.3. The van der Waals surface area contributed by atoms with Crippen LogP contribution in [0, 0.1) is 0 Å². The summed E-state index contributed by atoms with van der Waals surface area (Å²) in [5, 5.41) is 4.38. The first kappa shape index (κ1) is 17.5. The number of thioether (sulfide) groups is 1. The minimum absolute atomic E-state index is 0.466. The van der Waals surface area contributed by atoms with Crippen molar-refractivity contribution in [1.82, 2.24) is 10.2 Å². The zero-order valence-electron chi connectivity index (χ0n) is 13.4. The smallest absolute Gasteiger partial charge is 0.0440 e. The maximum absolute atomic E-state index is 3.74. The summed E-state index contributed by atoms with van der Waals surface area (Å²) >= 11 is 2.10. The Kier molecular flexibility index (Phi) is 8.99. The zero-order valence-corrected chi connectivity index (χ0v) is 14.2. The fourth-order valence-electron chi connectivity index (χ4n) is 2.26. The normalized spacial score (nSPS) is 14.4. The molecule has 1 rings (SSSR count). The molecule has 114 valence electrons. The third-order valence-electron chi connectivity index (χ3n) is 3.42. The fourth-order valence-corrected chi connectivity index (χ4v) is 3.72. The molecular weight excluding hydrogens is 264 g/mol. The highest BCUT2D eigenvalue weighted by atomic mass is 32.2. The highest BCUT2D eigenvalue weighted by Gasteiger charge is 2.21. The van der Waals surface area contributed by atoms with E-state index in [9.17, 15) is 0 Å². The molecule has 3 heteroatoms. The molecule has 0 radical (unpaired) electrons. The van der Waals surface area contributed by atoms with Crippen molar-refractivity contribution >= 4 is 11.8 Å². The molecule has 2 nitrogen and oxygen atoms in total. The van der Waals surface area contributed by atoms with E-state index in [1.807, 2.05) is 0 Å². The molecule has 0 fully saturated rings. The summed E-state index contributed by atoms with van der Waals surface area (Å²) in [6.07, 6.45) is 2.39. The minimum Gasteiger partial charge on any atom is -0.309 e. The lowest BCUT2D eigenvalue weighted by atomic mass is 10.0. The van der Waals surface area contributed by atoms with Gasteiger partial charge in [0.1, 0.15) is 0 Å². The molecule has 0 aliphatic carbocycles. The van der Waals surface area contributed by atoms with E-state index in [1.54, 1.807) is 0 Å². The largest absolute Gasteiger partial charge is 0.309 e. The van der Waals surface area contributed by atoms with Crippen LogP contribution in [0.25, 0.3) is 0 Å². The van der Waals surface area contributed by atoms with Crippen molar-refractivity contribution in [2.45, 2.75) is 38.0 Å². The van der Waals surface area contributed by atoms with Crippen LogP contribution in [0.2, 0.25) is 0 Å². The first-order valence-corrected chi connectivity index (χ1v) is 8.78. The predicted molar refractivity (Wildman–Crippen MR) is 92.6 cm³/mol. The molecule has 0 saturated heterocycles. The number of rotatable bonds is 10. The van der Waals surface area contributed by atoms with Gasteiger partial charge in [0.25, 0.3) is 0 Å². The van der Waals surface area contributed by atoms with Crippen molar-refractivity contribution < 1.29 is 0 Å². The lowest BCUT2D eigenvalue weighted by molar-refractivity contribution is 0.436. The standard InChI is InChI=1S/C17H30N2S/c1-5-12-18-17(15-10-8-7-9-11-15)16(6-2)20-14-13-19(3)4/h7-11,16-18H,5-6,12-14H2,1-4H3. The average molecular weight is 295 g/mol. The van der Waals surface area contributed by atoms with Gasteiger partial charge in [0.2, 0.25) is 0 Å². The lowest BCUT2D eigenvalue weighted by Gasteiger charge is -2.28. The Morgan fingerprint density at radius 3 is 2.40 bits per heavy atom. The van der Waals surface area contributed by atoms with Gasteiger partial charge in [0, 0.05) is 23.6 Å². The van der Waals surface area contributed by atoms with Crippen LogP contribution in [-0.4, -0.2) is 43.1 Å². The molecule has 1 aromatic carbocycles. The molecule has 0 aromatic heterocycles. The Bertz CT molecular complexity index is 340. The van der Waals surface area contributed by atoms with Crippen LogP contribution < -0.4 is 5.32 Å². The van der Waals surface area contributed by atoms with E-state index in [4.69, 9.17) is 0 Å². The van der Waals surface area contributed by atoms with Crippen molar-refractivity contribution in [3.05, 3.63) is 35.9 Å². The maximum atomic E-state index is 3.74. The third-order valence-corrected chi connectivity index (χ3v) is 4.87. The first-order chi connectivity index (χ1) is 9.69. The molecule has 0 aliphatic heterocycles. The van der Waals surface area contributed by atoms with Crippen LogP contribution in [0.1, 0.15) is 38.3 Å². The van der Waals surface area contributed by atoms with Gasteiger partial charge in [-0.1, -0.05) is 44.2 Å². The van der Waals surface area contributed by atoms with Crippen molar-refractivity contribution in [3.63, 3.8) is 0 Å². The van der Waals surface area contributed by atoms with Gasteiger partial charge in [0.05, 0.1) is 0 Å². The number of hydrogen-bond acceptors (Lipinski definition) is 3. The van der Waals surface area contributed by atoms with Gasteiger partial charge in [-0.3, -0.25) is 0 Å². The van der Waals surface area contributed by atoms with Crippen LogP contribution >= 0.6 is 11.8 Å². The average Bonchev–Trinajstić information content (AvgIpc) is 2.46. The molecule has 2 unspecified atom stereocenters. The van der Waals surface area contributed by atoms with Gasteiger partial charge >= 0.3 is 0 Å². The minimum atomic E-state index is 0.466. The molecule has 0 saturated carbocycles. The van der Waals surface area contributed by atoms with Gasteiger partial charge in [-0.15, -0.1) is 0 Å². The second-order valence-corrected chi connectivity index (χ2v) is 6.81. The Morgan fingerprint density at radius 2 is 1.85 bits per heavy atom. The Hall–Kier alpha value is -0.510. The Morgan fingerprint density at radius 1 is 1.15 bits per heavy atom. The van der Waals surface area contributed by atoms with Crippen LogP contribution in [-0.2, 0) is 0 Å². The molecule has 0 aliphatic rings. The SMILES string of the molecule is CCCNC(c1ccccc1)C(CC)SCCN(C)C. The summed E-state index contributed by atoms with van der Waals surface area (Å²) in [5.74, 6) is 1.20. The van der Waals surface area contributed by atoms with E-state index in [2.05, 4.69) is 80.3 Å². The van der Waals surface area contributed by atoms with Gasteiger partial charge in [-0.25, -0.2) is 0 Å². The maximum Gasteiger partial charge on any atom is 0.0440 e. The molecule has 0 amide bonds. The number of hydrogen-bond donors (Lipinski definition) is 1. The quantitative estimate of drug-likeness (QED) is 0.706. The predicted octanol–water partition coefficient (Wildman–Crippen LogP) is 3.80. The van der Waals surface area contributed by atoms with Crippen LogP contribution in [0.4, 0.5) is 0 Å². The topological polar surface area (TPSA) is 15.3 Å². The van der Waals surface area contributed by atoms with E-state index in [-0.39, 0.29) is 0 Å². The summed E-state index contributed by atoms with van der Waals surface area (Å²) in [7, 11) is 4.29. The summed E-state index contributed by atoms with van der Waals surface area (Å²) in [6.45, 7) is 6.77. The van der Waals surface area contributed by atoms with Crippen LogP contribution in [0.15, 0.2) is 30.3 Å². The van der Waals surface area contributed by atoms with Crippen molar-refractivity contribution in [1.29, 1.82) is 0 Å². The zero-order chi connectivity index (χ0) is 14.8. The van der Waals surface area contributed by atoms with E-state index in [0.29, 0.717) is 11.3 Å². The van der Waals surface area contributed by atoms with Crippen LogP contribution in [0.5, 0.6) is 0 Å². The highest BCUT2D eigenvalue weighted by Crippen LogP contribution is 2.29.